The van der Waals surface area contributed by atoms with E-state index in [0.29, 0.717) is 22.4 Å². The zero-order chi connectivity index (χ0) is 18.8. The molecule has 3 aromatic rings. The van der Waals surface area contributed by atoms with Crippen molar-refractivity contribution in [2.45, 2.75) is 0 Å². The molecule has 26 heavy (non-hydrogen) atoms. The highest BCUT2D eigenvalue weighted by Gasteiger charge is 2.12. The molecule has 0 aliphatic carbocycles. The van der Waals surface area contributed by atoms with Crippen LogP contribution in [0, 0.1) is 0 Å². The van der Waals surface area contributed by atoms with Gasteiger partial charge in [0.25, 0.3) is 0 Å². The number of carboxylic acid groups (broad SMARTS) is 2. The molecule has 8 nitrogen and oxygen atoms in total. The highest BCUT2D eigenvalue weighted by atomic mass is 35.5. The van der Waals surface area contributed by atoms with Crippen LogP contribution >= 0.6 is 11.6 Å². The van der Waals surface area contributed by atoms with Crippen molar-refractivity contribution < 1.29 is 24.5 Å². The third-order valence-electron chi connectivity index (χ3n) is 3.63. The first-order valence-electron chi connectivity index (χ1n) is 7.22. The summed E-state index contributed by atoms with van der Waals surface area (Å²) in [6.45, 7) is 0. The summed E-state index contributed by atoms with van der Waals surface area (Å²) in [5, 5.41) is 25.7. The first-order valence-corrected chi connectivity index (χ1v) is 7.60. The molecular formula is C17H10ClN3O5-2. The lowest BCUT2D eigenvalue weighted by Crippen LogP contribution is -2.23. The van der Waals surface area contributed by atoms with Gasteiger partial charge >= 0.3 is 0 Å². The molecule has 3 rings (SSSR count). The molecule has 0 bridgehead atoms. The van der Waals surface area contributed by atoms with Gasteiger partial charge in [0.15, 0.2) is 0 Å². The second-order valence-corrected chi connectivity index (χ2v) is 5.59. The summed E-state index contributed by atoms with van der Waals surface area (Å²) in [5.41, 5.74) is 0.533. The minimum atomic E-state index is -1.42. The van der Waals surface area contributed by atoms with E-state index in [1.807, 2.05) is 0 Å². The van der Waals surface area contributed by atoms with E-state index in [0.717, 1.165) is 0 Å². The Balaban J connectivity index is 2.06. The van der Waals surface area contributed by atoms with Crippen molar-refractivity contribution in [3.63, 3.8) is 0 Å². The summed E-state index contributed by atoms with van der Waals surface area (Å²) in [4.78, 5) is 30.2. The predicted octanol–water partition coefficient (Wildman–Crippen LogP) is 0.762. The third-order valence-corrected chi connectivity index (χ3v) is 3.95. The molecule has 0 atom stereocenters. The fourth-order valence-corrected chi connectivity index (χ4v) is 2.60. The number of fused-ring (bicyclic) bond motifs is 1. The van der Waals surface area contributed by atoms with E-state index >= 15 is 0 Å². The fourth-order valence-electron chi connectivity index (χ4n) is 2.39. The van der Waals surface area contributed by atoms with Crippen LogP contribution in [-0.4, -0.2) is 29.0 Å². The molecule has 132 valence electrons. The molecule has 0 aliphatic heterocycles. The lowest BCUT2D eigenvalue weighted by molar-refractivity contribution is -0.256. The number of hydrogen-bond donors (Lipinski definition) is 1. The number of carbonyl (C=O) groups is 2. The van der Waals surface area contributed by atoms with Gasteiger partial charge < -0.3 is 29.9 Å². The van der Waals surface area contributed by atoms with E-state index in [4.69, 9.17) is 16.3 Å². The summed E-state index contributed by atoms with van der Waals surface area (Å²) in [6.07, 6.45) is 1.25. The quantitative estimate of drug-likeness (QED) is 0.696. The van der Waals surface area contributed by atoms with E-state index in [2.05, 4.69) is 15.3 Å². The number of aromatic nitrogens is 2. The van der Waals surface area contributed by atoms with E-state index < -0.39 is 11.9 Å². The highest BCUT2D eigenvalue weighted by molar-refractivity contribution is 6.33. The van der Waals surface area contributed by atoms with Crippen LogP contribution in [0.4, 0.5) is 11.5 Å². The summed E-state index contributed by atoms with van der Waals surface area (Å²) >= 11 is 6.13. The van der Waals surface area contributed by atoms with Crippen molar-refractivity contribution in [2.75, 3.05) is 12.4 Å². The monoisotopic (exact) mass is 371 g/mol. The maximum Gasteiger partial charge on any atom is 0.141 e. The van der Waals surface area contributed by atoms with Crippen molar-refractivity contribution in [3.8, 4) is 5.75 Å². The van der Waals surface area contributed by atoms with E-state index in [1.54, 1.807) is 0 Å². The van der Waals surface area contributed by atoms with Gasteiger partial charge in [-0.25, -0.2) is 9.97 Å². The highest BCUT2D eigenvalue weighted by Crippen LogP contribution is 2.33. The normalized spacial score (nSPS) is 10.5. The van der Waals surface area contributed by atoms with E-state index in [9.17, 15) is 19.8 Å². The van der Waals surface area contributed by atoms with Gasteiger partial charge in [0, 0.05) is 17.0 Å². The van der Waals surface area contributed by atoms with Gasteiger partial charge in [-0.05, 0) is 23.8 Å². The number of carbonyl (C=O) groups excluding carboxylic acids is 2. The minimum Gasteiger partial charge on any atom is -0.545 e. The van der Waals surface area contributed by atoms with Gasteiger partial charge in [-0.3, -0.25) is 0 Å². The van der Waals surface area contributed by atoms with Gasteiger partial charge in [0.05, 0.1) is 35.3 Å². The number of nitrogens with zero attached hydrogens (tertiary/aromatic N) is 2. The Morgan fingerprint density at radius 1 is 1.12 bits per heavy atom. The molecule has 0 radical (unpaired) electrons. The number of halogens is 1. The predicted molar refractivity (Wildman–Crippen MR) is 89.5 cm³/mol. The van der Waals surface area contributed by atoms with Crippen LogP contribution in [0.25, 0.3) is 10.9 Å². The molecule has 0 unspecified atom stereocenters. The number of ether oxygens (including phenoxy) is 1. The summed E-state index contributed by atoms with van der Waals surface area (Å²) in [7, 11) is 1.32. The number of rotatable bonds is 5. The molecule has 2 aromatic carbocycles. The number of aromatic carboxylic acids is 2. The Hall–Kier alpha value is -3.39. The second-order valence-electron chi connectivity index (χ2n) is 5.19. The van der Waals surface area contributed by atoms with Gasteiger partial charge in [-0.1, -0.05) is 17.7 Å². The van der Waals surface area contributed by atoms with Crippen LogP contribution in [0.1, 0.15) is 20.7 Å². The first kappa shape index (κ1) is 17.4. The number of benzene rings is 2. The molecule has 0 fully saturated rings. The van der Waals surface area contributed by atoms with Crippen molar-refractivity contribution in [1.82, 2.24) is 9.97 Å². The van der Waals surface area contributed by atoms with Crippen LogP contribution in [0.3, 0.4) is 0 Å². The zero-order valence-corrected chi connectivity index (χ0v) is 14.0. The van der Waals surface area contributed by atoms with Crippen molar-refractivity contribution in [2.24, 2.45) is 0 Å². The van der Waals surface area contributed by atoms with Gasteiger partial charge in [0.2, 0.25) is 0 Å². The summed E-state index contributed by atoms with van der Waals surface area (Å²) in [6, 6.07) is 6.86. The maximum atomic E-state index is 11.1. The minimum absolute atomic E-state index is 0.0137. The number of methoxy groups -OCH3 is 1. The SMILES string of the molecule is COc1cc(Nc2ncnc3cc(C(=O)[O-])ccc23)c(Cl)cc1C(=O)[O-]. The van der Waals surface area contributed by atoms with Crippen molar-refractivity contribution in [3.05, 3.63) is 52.8 Å². The summed E-state index contributed by atoms with van der Waals surface area (Å²) < 4.78 is 5.05. The standard InChI is InChI=1S/C17H12ClN3O5/c1-26-14-6-13(11(18)5-10(14)17(24)25)21-15-9-3-2-8(16(22)23)4-12(9)19-7-20-15/h2-7H,1H3,(H,22,23)(H,24,25)(H,19,20,21)/p-2. The van der Waals surface area contributed by atoms with Gasteiger partial charge in [-0.2, -0.15) is 0 Å². The number of anilines is 2. The van der Waals surface area contributed by atoms with Crippen LogP contribution in [0.5, 0.6) is 5.75 Å². The first-order chi connectivity index (χ1) is 12.4. The molecule has 1 N–H and O–H groups in total. The maximum absolute atomic E-state index is 11.1. The Morgan fingerprint density at radius 3 is 2.54 bits per heavy atom. The van der Waals surface area contributed by atoms with Gasteiger partial charge in [0.1, 0.15) is 17.9 Å². The number of hydrogen-bond acceptors (Lipinski definition) is 8. The Labute approximate surface area is 152 Å². The largest absolute Gasteiger partial charge is 0.545 e. The Kier molecular flexibility index (Phi) is 4.59. The molecule has 0 saturated carbocycles. The Bertz CT molecular complexity index is 1040. The average molecular weight is 372 g/mol. The van der Waals surface area contributed by atoms with Crippen LogP contribution < -0.4 is 20.3 Å². The fraction of sp³-hybridized carbons (Fsp3) is 0.0588. The van der Waals surface area contributed by atoms with Crippen LogP contribution in [-0.2, 0) is 0 Å². The number of carboxylic acids is 2. The molecule has 0 amide bonds. The second kappa shape index (κ2) is 6.85. The summed E-state index contributed by atoms with van der Waals surface area (Å²) in [5.74, 6) is -2.32. The molecule has 0 aliphatic rings. The lowest BCUT2D eigenvalue weighted by atomic mass is 10.1. The Morgan fingerprint density at radius 2 is 1.88 bits per heavy atom. The molecule has 9 heteroatoms. The van der Waals surface area contributed by atoms with E-state index in [1.165, 1.54) is 43.8 Å². The molecule has 0 spiro atoms. The molecule has 1 aromatic heterocycles. The molecular weight excluding hydrogens is 362 g/mol. The smallest absolute Gasteiger partial charge is 0.141 e. The van der Waals surface area contributed by atoms with Crippen molar-refractivity contribution in [1.29, 1.82) is 0 Å². The zero-order valence-electron chi connectivity index (χ0n) is 13.3. The van der Waals surface area contributed by atoms with Crippen LogP contribution in [0.2, 0.25) is 5.02 Å². The topological polar surface area (TPSA) is 127 Å². The third kappa shape index (κ3) is 3.22. The molecule has 1 heterocycles. The number of nitrogens with one attached hydrogen (secondary N) is 1. The molecule has 0 saturated heterocycles. The van der Waals surface area contributed by atoms with E-state index in [-0.39, 0.29) is 21.9 Å². The van der Waals surface area contributed by atoms with Crippen LogP contribution in [0.15, 0.2) is 36.7 Å². The average Bonchev–Trinajstić information content (AvgIpc) is 2.62. The van der Waals surface area contributed by atoms with Gasteiger partial charge in [-0.15, -0.1) is 0 Å². The van der Waals surface area contributed by atoms with Crippen molar-refractivity contribution >= 4 is 45.9 Å². The lowest BCUT2D eigenvalue weighted by Gasteiger charge is -2.15.